The van der Waals surface area contributed by atoms with Gasteiger partial charge in [-0.1, -0.05) is 26.0 Å². The Hall–Kier alpha value is -1.49. The van der Waals surface area contributed by atoms with E-state index in [9.17, 15) is 9.59 Å². The quantitative estimate of drug-likeness (QED) is 0.877. The van der Waals surface area contributed by atoms with Gasteiger partial charge in [-0.2, -0.15) is 0 Å². The smallest absolute Gasteiger partial charge is 0.238 e. The van der Waals surface area contributed by atoms with E-state index in [1.807, 2.05) is 38.1 Å². The maximum absolute atomic E-state index is 12.0. The molecule has 108 valence electrons. The molecule has 0 fully saturated rings. The summed E-state index contributed by atoms with van der Waals surface area (Å²) in [5, 5.41) is 5.48. The van der Waals surface area contributed by atoms with Gasteiger partial charge in [-0.25, -0.2) is 0 Å². The van der Waals surface area contributed by atoms with Gasteiger partial charge in [0.15, 0.2) is 0 Å². The zero-order valence-corrected chi connectivity index (χ0v) is 12.6. The fourth-order valence-electron chi connectivity index (χ4n) is 2.17. The predicted molar refractivity (Wildman–Crippen MR) is 81.8 cm³/mol. The largest absolute Gasteiger partial charge is 0.353 e. The van der Waals surface area contributed by atoms with Gasteiger partial charge < -0.3 is 10.6 Å². The summed E-state index contributed by atoms with van der Waals surface area (Å²) in [6.07, 6.45) is 2.05. The molecule has 0 spiro atoms. The number of rotatable bonds is 5. The van der Waals surface area contributed by atoms with E-state index in [2.05, 4.69) is 10.6 Å². The van der Waals surface area contributed by atoms with Crippen molar-refractivity contribution in [2.45, 2.75) is 49.3 Å². The molecule has 5 heteroatoms. The Morgan fingerprint density at radius 1 is 1.35 bits per heavy atom. The van der Waals surface area contributed by atoms with Crippen molar-refractivity contribution in [3.63, 3.8) is 0 Å². The Kier molecular flexibility index (Phi) is 5.06. The average Bonchev–Trinajstić information content (AvgIpc) is 2.45. The molecule has 1 unspecified atom stereocenters. The number of anilines is 1. The normalized spacial score (nSPS) is 17.6. The van der Waals surface area contributed by atoms with Crippen LogP contribution in [-0.4, -0.2) is 23.1 Å². The molecule has 4 nitrogen and oxygen atoms in total. The highest BCUT2D eigenvalue weighted by Gasteiger charge is 2.29. The van der Waals surface area contributed by atoms with Crippen molar-refractivity contribution in [1.29, 1.82) is 0 Å². The number of amides is 2. The van der Waals surface area contributed by atoms with Crippen LogP contribution in [0.1, 0.15) is 33.1 Å². The molecule has 2 amide bonds. The monoisotopic (exact) mass is 292 g/mol. The molecule has 0 radical (unpaired) electrons. The number of fused-ring (bicyclic) bond motifs is 1. The minimum Gasteiger partial charge on any atom is -0.353 e. The third-order valence-electron chi connectivity index (χ3n) is 3.43. The number of thioether (sulfide) groups is 1. The highest BCUT2D eigenvalue weighted by atomic mass is 32.2. The van der Waals surface area contributed by atoms with E-state index in [0.29, 0.717) is 0 Å². The molecule has 1 aliphatic rings. The zero-order chi connectivity index (χ0) is 14.5. The van der Waals surface area contributed by atoms with Gasteiger partial charge in [0.1, 0.15) is 0 Å². The highest BCUT2D eigenvalue weighted by molar-refractivity contribution is 8.01. The molecule has 0 aromatic heterocycles. The summed E-state index contributed by atoms with van der Waals surface area (Å²) in [7, 11) is 0. The van der Waals surface area contributed by atoms with Crippen molar-refractivity contribution in [3.8, 4) is 0 Å². The van der Waals surface area contributed by atoms with Crippen LogP contribution in [0.15, 0.2) is 29.2 Å². The number of hydrogen-bond acceptors (Lipinski definition) is 3. The van der Waals surface area contributed by atoms with Crippen LogP contribution in [-0.2, 0) is 9.59 Å². The van der Waals surface area contributed by atoms with Crippen LogP contribution in [0, 0.1) is 0 Å². The third-order valence-corrected chi connectivity index (χ3v) is 4.70. The zero-order valence-electron chi connectivity index (χ0n) is 11.8. The van der Waals surface area contributed by atoms with Crippen LogP contribution in [0.3, 0.4) is 0 Å². The second-order valence-corrected chi connectivity index (χ2v) is 6.12. The van der Waals surface area contributed by atoms with Gasteiger partial charge in [-0.05, 0) is 25.0 Å². The number of carbonyl (C=O) groups is 2. The summed E-state index contributed by atoms with van der Waals surface area (Å²) >= 11 is 1.46. The maximum Gasteiger partial charge on any atom is 0.238 e. The van der Waals surface area contributed by atoms with Crippen molar-refractivity contribution in [2.75, 3.05) is 5.32 Å². The molecule has 0 bridgehead atoms. The van der Waals surface area contributed by atoms with Crippen molar-refractivity contribution in [2.24, 2.45) is 0 Å². The Bertz CT molecular complexity index is 500. The summed E-state index contributed by atoms with van der Waals surface area (Å²) in [4.78, 5) is 25.0. The molecule has 0 aliphatic carbocycles. The van der Waals surface area contributed by atoms with Gasteiger partial charge >= 0.3 is 0 Å². The summed E-state index contributed by atoms with van der Waals surface area (Å²) in [5.41, 5.74) is 0.833. The van der Waals surface area contributed by atoms with E-state index < -0.39 is 0 Å². The summed E-state index contributed by atoms with van der Waals surface area (Å²) in [6, 6.07) is 7.86. The van der Waals surface area contributed by atoms with Crippen LogP contribution in [0.25, 0.3) is 0 Å². The summed E-state index contributed by atoms with van der Waals surface area (Å²) < 4.78 is 0. The van der Waals surface area contributed by atoms with E-state index in [1.165, 1.54) is 11.8 Å². The number of para-hydroxylation sites is 1. The molecule has 1 aromatic carbocycles. The van der Waals surface area contributed by atoms with Gasteiger partial charge in [-0.15, -0.1) is 11.8 Å². The molecule has 2 N–H and O–H groups in total. The molecule has 1 aromatic rings. The predicted octanol–water partition coefficient (Wildman–Crippen LogP) is 2.79. The van der Waals surface area contributed by atoms with Crippen LogP contribution < -0.4 is 10.6 Å². The Morgan fingerprint density at radius 3 is 2.75 bits per heavy atom. The summed E-state index contributed by atoms with van der Waals surface area (Å²) in [5.74, 6) is -0.140. The number of benzene rings is 1. The minimum absolute atomic E-state index is 0.0502. The first-order valence-corrected chi connectivity index (χ1v) is 7.87. The van der Waals surface area contributed by atoms with Crippen LogP contribution >= 0.6 is 11.8 Å². The lowest BCUT2D eigenvalue weighted by atomic mass is 10.1. The van der Waals surface area contributed by atoms with Gasteiger partial charge in [0.25, 0.3) is 0 Å². The molecule has 20 heavy (non-hydrogen) atoms. The van der Waals surface area contributed by atoms with E-state index >= 15 is 0 Å². The molecular formula is C15H20N2O2S. The first kappa shape index (κ1) is 14.9. The van der Waals surface area contributed by atoms with Gasteiger partial charge in [-0.3, -0.25) is 9.59 Å². The summed E-state index contributed by atoms with van der Waals surface area (Å²) in [6.45, 7) is 4.10. The molecule has 0 saturated carbocycles. The first-order chi connectivity index (χ1) is 9.63. The fraction of sp³-hybridized carbons (Fsp3) is 0.467. The standard InChI is InChI=1S/C15H20N2O2S/c1-3-10(4-2)16-14(18)9-13-15(19)17-11-7-5-6-8-12(11)20-13/h5-8,10,13H,3-4,9H2,1-2H3,(H,16,18)(H,17,19). The van der Waals surface area contributed by atoms with E-state index in [1.54, 1.807) is 0 Å². The average molecular weight is 292 g/mol. The fourth-order valence-corrected chi connectivity index (χ4v) is 3.29. The van der Waals surface area contributed by atoms with Crippen molar-refractivity contribution >= 4 is 29.3 Å². The lowest BCUT2D eigenvalue weighted by Crippen LogP contribution is -2.38. The van der Waals surface area contributed by atoms with Crippen LogP contribution in [0.5, 0.6) is 0 Å². The number of carbonyl (C=O) groups excluding carboxylic acids is 2. The van der Waals surface area contributed by atoms with Gasteiger partial charge in [0.2, 0.25) is 11.8 Å². The van der Waals surface area contributed by atoms with E-state index in [-0.39, 0.29) is 29.5 Å². The second kappa shape index (κ2) is 6.79. The third kappa shape index (κ3) is 3.54. The van der Waals surface area contributed by atoms with E-state index in [0.717, 1.165) is 23.4 Å². The number of hydrogen-bond donors (Lipinski definition) is 2. The highest BCUT2D eigenvalue weighted by Crippen LogP contribution is 2.36. The van der Waals surface area contributed by atoms with Crippen molar-refractivity contribution < 1.29 is 9.59 Å². The van der Waals surface area contributed by atoms with Crippen molar-refractivity contribution in [1.82, 2.24) is 5.32 Å². The molecule has 1 aliphatic heterocycles. The molecule has 1 atom stereocenters. The molecule has 2 rings (SSSR count). The lowest BCUT2D eigenvalue weighted by Gasteiger charge is -2.24. The van der Waals surface area contributed by atoms with Gasteiger partial charge in [0.05, 0.1) is 10.9 Å². The van der Waals surface area contributed by atoms with Crippen molar-refractivity contribution in [3.05, 3.63) is 24.3 Å². The van der Waals surface area contributed by atoms with E-state index in [4.69, 9.17) is 0 Å². The maximum atomic E-state index is 12.0. The molecule has 1 heterocycles. The lowest BCUT2D eigenvalue weighted by molar-refractivity contribution is -0.124. The van der Waals surface area contributed by atoms with Crippen LogP contribution in [0.2, 0.25) is 0 Å². The SMILES string of the molecule is CCC(CC)NC(=O)CC1Sc2ccccc2NC1=O. The Labute approximate surface area is 123 Å². The Balaban J connectivity index is 1.97. The number of nitrogens with one attached hydrogen (secondary N) is 2. The molecule has 0 saturated heterocycles. The minimum atomic E-state index is -0.348. The first-order valence-electron chi connectivity index (χ1n) is 7.00. The molecular weight excluding hydrogens is 272 g/mol. The van der Waals surface area contributed by atoms with Gasteiger partial charge in [0, 0.05) is 17.4 Å². The second-order valence-electron chi connectivity index (χ2n) is 4.88. The Morgan fingerprint density at radius 2 is 2.05 bits per heavy atom. The van der Waals surface area contributed by atoms with Crippen LogP contribution in [0.4, 0.5) is 5.69 Å². The topological polar surface area (TPSA) is 58.2 Å².